The standard InChI is InChI=1S/C20H19ClN2O5/c1-12(19(25)22-11-13-6-2-3-7-14(13)21)27-18(24)10-17-20(26)23-15-8-4-5-9-16(15)28-17/h2-9,12,17H,10-11H2,1H3,(H,22,25)(H,23,26)/t12-,17+/m1/s1. The molecule has 0 saturated carbocycles. The van der Waals surface area contributed by atoms with Crippen molar-refractivity contribution in [3.05, 3.63) is 59.1 Å². The summed E-state index contributed by atoms with van der Waals surface area (Å²) in [6.07, 6.45) is -2.34. The van der Waals surface area contributed by atoms with E-state index in [0.29, 0.717) is 16.5 Å². The minimum absolute atomic E-state index is 0.214. The molecule has 0 aliphatic carbocycles. The van der Waals surface area contributed by atoms with Crippen molar-refractivity contribution in [2.24, 2.45) is 0 Å². The van der Waals surface area contributed by atoms with Gasteiger partial charge in [-0.3, -0.25) is 14.4 Å². The molecule has 2 N–H and O–H groups in total. The maximum Gasteiger partial charge on any atom is 0.310 e. The van der Waals surface area contributed by atoms with Crippen molar-refractivity contribution >= 4 is 35.1 Å². The van der Waals surface area contributed by atoms with E-state index in [1.807, 2.05) is 6.07 Å². The Labute approximate surface area is 167 Å². The molecule has 0 bridgehead atoms. The van der Waals surface area contributed by atoms with E-state index in [2.05, 4.69) is 10.6 Å². The van der Waals surface area contributed by atoms with Crippen molar-refractivity contribution in [1.82, 2.24) is 5.32 Å². The molecule has 2 aromatic carbocycles. The Morgan fingerprint density at radius 2 is 1.93 bits per heavy atom. The first kappa shape index (κ1) is 19.7. The molecule has 2 aromatic rings. The normalized spacial score (nSPS) is 16.2. The van der Waals surface area contributed by atoms with Crippen LogP contribution in [0.5, 0.6) is 5.75 Å². The molecule has 0 saturated heterocycles. The molecule has 1 aliphatic rings. The monoisotopic (exact) mass is 402 g/mol. The number of hydrogen-bond acceptors (Lipinski definition) is 5. The molecule has 2 amide bonds. The molecule has 0 fully saturated rings. The second kappa shape index (κ2) is 8.75. The first-order chi connectivity index (χ1) is 13.4. The second-order valence-corrected chi connectivity index (χ2v) is 6.64. The lowest BCUT2D eigenvalue weighted by atomic mass is 10.1. The number of amides is 2. The van der Waals surface area contributed by atoms with Crippen molar-refractivity contribution < 1.29 is 23.9 Å². The zero-order chi connectivity index (χ0) is 20.1. The lowest BCUT2D eigenvalue weighted by molar-refractivity contribution is -0.157. The van der Waals surface area contributed by atoms with Crippen LogP contribution in [-0.4, -0.2) is 30.0 Å². The van der Waals surface area contributed by atoms with Gasteiger partial charge in [0.05, 0.1) is 12.1 Å². The average molecular weight is 403 g/mol. The van der Waals surface area contributed by atoms with Crippen molar-refractivity contribution in [2.45, 2.75) is 32.1 Å². The summed E-state index contributed by atoms with van der Waals surface area (Å²) in [7, 11) is 0. The van der Waals surface area contributed by atoms with Gasteiger partial charge in [-0.05, 0) is 30.7 Å². The number of benzene rings is 2. The van der Waals surface area contributed by atoms with E-state index >= 15 is 0 Å². The highest BCUT2D eigenvalue weighted by Crippen LogP contribution is 2.29. The number of anilines is 1. The number of para-hydroxylation sites is 2. The fourth-order valence-corrected chi connectivity index (χ4v) is 2.85. The summed E-state index contributed by atoms with van der Waals surface area (Å²) in [6.45, 7) is 1.67. The topological polar surface area (TPSA) is 93.7 Å². The molecule has 2 atom stereocenters. The van der Waals surface area contributed by atoms with Crippen LogP contribution in [-0.2, 0) is 25.7 Å². The number of carbonyl (C=O) groups excluding carboxylic acids is 3. The van der Waals surface area contributed by atoms with E-state index in [9.17, 15) is 14.4 Å². The van der Waals surface area contributed by atoms with Gasteiger partial charge in [0.25, 0.3) is 11.8 Å². The third-order valence-electron chi connectivity index (χ3n) is 4.15. The van der Waals surface area contributed by atoms with Gasteiger partial charge in [0.2, 0.25) is 0 Å². The van der Waals surface area contributed by atoms with Gasteiger partial charge in [-0.15, -0.1) is 0 Å². The van der Waals surface area contributed by atoms with E-state index < -0.39 is 30.0 Å². The summed E-state index contributed by atoms with van der Waals surface area (Å²) < 4.78 is 10.7. The van der Waals surface area contributed by atoms with Gasteiger partial charge < -0.3 is 20.1 Å². The van der Waals surface area contributed by atoms with E-state index in [4.69, 9.17) is 21.1 Å². The smallest absolute Gasteiger partial charge is 0.310 e. The number of nitrogens with one attached hydrogen (secondary N) is 2. The molecule has 146 valence electrons. The molecule has 8 heteroatoms. The van der Waals surface area contributed by atoms with Crippen LogP contribution in [0.15, 0.2) is 48.5 Å². The van der Waals surface area contributed by atoms with Crippen LogP contribution in [0.1, 0.15) is 18.9 Å². The molecule has 7 nitrogen and oxygen atoms in total. The maximum absolute atomic E-state index is 12.1. The van der Waals surface area contributed by atoms with Crippen LogP contribution in [0.3, 0.4) is 0 Å². The van der Waals surface area contributed by atoms with Gasteiger partial charge in [0.15, 0.2) is 12.2 Å². The summed E-state index contributed by atoms with van der Waals surface area (Å²) in [6, 6.07) is 14.0. The Morgan fingerprint density at radius 1 is 1.21 bits per heavy atom. The van der Waals surface area contributed by atoms with Gasteiger partial charge in [-0.25, -0.2) is 0 Å². The molecular formula is C20H19ClN2O5. The van der Waals surface area contributed by atoms with E-state index in [1.54, 1.807) is 42.5 Å². The predicted molar refractivity (Wildman–Crippen MR) is 103 cm³/mol. The SMILES string of the molecule is C[C@@H](OC(=O)C[C@@H]1Oc2ccccc2NC1=O)C(=O)NCc1ccccc1Cl. The molecule has 0 spiro atoms. The van der Waals surface area contributed by atoms with Crippen LogP contribution in [0, 0.1) is 0 Å². The number of rotatable bonds is 6. The Hall–Kier alpha value is -3.06. The maximum atomic E-state index is 12.1. The predicted octanol–water partition coefficient (Wildman–Crippen LogP) is 2.68. The highest BCUT2D eigenvalue weighted by molar-refractivity contribution is 6.31. The summed E-state index contributed by atoms with van der Waals surface area (Å²) in [5.74, 6) is -1.13. The van der Waals surface area contributed by atoms with Crippen molar-refractivity contribution in [3.8, 4) is 5.75 Å². The molecule has 0 aromatic heterocycles. The van der Waals surface area contributed by atoms with E-state index in [0.717, 1.165) is 5.56 Å². The number of halogens is 1. The minimum Gasteiger partial charge on any atom is -0.478 e. The van der Waals surface area contributed by atoms with Gasteiger partial charge in [0.1, 0.15) is 5.75 Å². The zero-order valence-electron chi connectivity index (χ0n) is 15.1. The Bertz CT molecular complexity index is 902. The fraction of sp³-hybridized carbons (Fsp3) is 0.250. The Morgan fingerprint density at radius 3 is 2.71 bits per heavy atom. The van der Waals surface area contributed by atoms with Crippen LogP contribution >= 0.6 is 11.6 Å². The largest absolute Gasteiger partial charge is 0.478 e. The highest BCUT2D eigenvalue weighted by atomic mass is 35.5. The fourth-order valence-electron chi connectivity index (χ4n) is 2.65. The van der Waals surface area contributed by atoms with E-state index in [1.165, 1.54) is 6.92 Å². The first-order valence-corrected chi connectivity index (χ1v) is 9.09. The second-order valence-electron chi connectivity index (χ2n) is 6.24. The average Bonchev–Trinajstić information content (AvgIpc) is 2.67. The van der Waals surface area contributed by atoms with Crippen LogP contribution < -0.4 is 15.4 Å². The number of hydrogen-bond donors (Lipinski definition) is 2. The molecular weight excluding hydrogens is 384 g/mol. The van der Waals surface area contributed by atoms with Gasteiger partial charge in [-0.2, -0.15) is 0 Å². The number of fused-ring (bicyclic) bond motifs is 1. The number of carbonyl (C=O) groups is 3. The van der Waals surface area contributed by atoms with Crippen molar-refractivity contribution in [3.63, 3.8) is 0 Å². The lowest BCUT2D eigenvalue weighted by Crippen LogP contribution is -2.40. The molecule has 1 aliphatic heterocycles. The molecule has 1 heterocycles. The van der Waals surface area contributed by atoms with Crippen LogP contribution in [0.25, 0.3) is 0 Å². The summed E-state index contributed by atoms with van der Waals surface area (Å²) in [5.41, 5.74) is 1.30. The lowest BCUT2D eigenvalue weighted by Gasteiger charge is -2.25. The molecule has 0 radical (unpaired) electrons. The van der Waals surface area contributed by atoms with Crippen LogP contribution in [0.4, 0.5) is 5.69 Å². The molecule has 0 unspecified atom stereocenters. The van der Waals surface area contributed by atoms with Crippen molar-refractivity contribution in [1.29, 1.82) is 0 Å². The Balaban J connectivity index is 1.49. The highest BCUT2D eigenvalue weighted by Gasteiger charge is 2.31. The summed E-state index contributed by atoms with van der Waals surface area (Å²) in [5, 5.41) is 5.87. The third kappa shape index (κ3) is 4.80. The first-order valence-electron chi connectivity index (χ1n) is 8.71. The van der Waals surface area contributed by atoms with Gasteiger partial charge in [0, 0.05) is 11.6 Å². The quantitative estimate of drug-likeness (QED) is 0.724. The van der Waals surface area contributed by atoms with Gasteiger partial charge in [-0.1, -0.05) is 41.9 Å². The minimum atomic E-state index is -1.02. The Kier molecular flexibility index (Phi) is 6.16. The molecule has 28 heavy (non-hydrogen) atoms. The van der Waals surface area contributed by atoms with Gasteiger partial charge >= 0.3 is 5.97 Å². The van der Waals surface area contributed by atoms with Crippen LogP contribution in [0.2, 0.25) is 5.02 Å². The number of ether oxygens (including phenoxy) is 2. The number of esters is 1. The molecule has 3 rings (SSSR count). The summed E-state index contributed by atoms with van der Waals surface area (Å²) >= 11 is 6.04. The zero-order valence-corrected chi connectivity index (χ0v) is 15.9. The summed E-state index contributed by atoms with van der Waals surface area (Å²) in [4.78, 5) is 36.3. The third-order valence-corrected chi connectivity index (χ3v) is 4.52. The van der Waals surface area contributed by atoms with Crippen molar-refractivity contribution in [2.75, 3.05) is 5.32 Å². The van der Waals surface area contributed by atoms with E-state index in [-0.39, 0.29) is 13.0 Å².